The number of rotatable bonds is 12. The van der Waals surface area contributed by atoms with Crippen molar-refractivity contribution in [2.45, 2.75) is 59.7 Å². The Morgan fingerprint density at radius 1 is 1.20 bits per heavy atom. The molecule has 4 nitrogen and oxygen atoms in total. The molecule has 0 heterocycles. The number of aliphatic hydroxyl groups excluding tert-OH is 1. The molecule has 122 valence electrons. The summed E-state index contributed by atoms with van der Waals surface area (Å²) >= 11 is 0. The van der Waals surface area contributed by atoms with Gasteiger partial charge in [0.15, 0.2) is 0 Å². The topological polar surface area (TPSA) is 50.7 Å². The highest BCUT2D eigenvalue weighted by Gasteiger charge is 2.17. The largest absolute Gasteiger partial charge is 0.389 e. The Hall–Kier alpha value is -0.160. The maximum atomic E-state index is 9.89. The summed E-state index contributed by atoms with van der Waals surface area (Å²) in [5, 5.41) is 13.2. The second kappa shape index (κ2) is 10.6. The van der Waals surface area contributed by atoms with Gasteiger partial charge in [0.1, 0.15) is 0 Å². The van der Waals surface area contributed by atoms with Crippen molar-refractivity contribution < 1.29 is 14.6 Å². The molecule has 0 radical (unpaired) electrons. The lowest BCUT2D eigenvalue weighted by molar-refractivity contribution is -0.00920. The van der Waals surface area contributed by atoms with Gasteiger partial charge in [-0.2, -0.15) is 0 Å². The van der Waals surface area contributed by atoms with Crippen LogP contribution in [0.15, 0.2) is 0 Å². The second-order valence-corrected chi connectivity index (χ2v) is 6.97. The van der Waals surface area contributed by atoms with Crippen molar-refractivity contribution in [3.8, 4) is 0 Å². The lowest BCUT2D eigenvalue weighted by atomic mass is 9.90. The van der Waals surface area contributed by atoms with Crippen molar-refractivity contribution in [1.82, 2.24) is 5.32 Å². The summed E-state index contributed by atoms with van der Waals surface area (Å²) in [4.78, 5) is 0. The van der Waals surface area contributed by atoms with Crippen LogP contribution in [0.5, 0.6) is 0 Å². The molecule has 0 aliphatic carbocycles. The first-order valence-electron chi connectivity index (χ1n) is 7.76. The molecule has 0 aromatic rings. The minimum atomic E-state index is -0.442. The third kappa shape index (κ3) is 11.6. The van der Waals surface area contributed by atoms with E-state index in [4.69, 9.17) is 9.47 Å². The molecule has 0 aliphatic rings. The molecule has 0 bridgehead atoms. The van der Waals surface area contributed by atoms with Crippen LogP contribution in [0.2, 0.25) is 0 Å². The van der Waals surface area contributed by atoms with Gasteiger partial charge in [0.25, 0.3) is 0 Å². The van der Waals surface area contributed by atoms with Crippen LogP contribution in [0.4, 0.5) is 0 Å². The number of hydrogen-bond donors (Lipinski definition) is 2. The highest BCUT2D eigenvalue weighted by molar-refractivity contribution is 4.72. The molecule has 0 amide bonds. The van der Waals surface area contributed by atoms with Gasteiger partial charge in [0.05, 0.1) is 18.8 Å². The predicted octanol–water partition coefficient (Wildman–Crippen LogP) is 2.45. The van der Waals surface area contributed by atoms with Crippen LogP contribution >= 0.6 is 0 Å². The van der Waals surface area contributed by atoms with Gasteiger partial charge >= 0.3 is 0 Å². The molecule has 0 rings (SSSR count). The molecule has 0 spiro atoms. The Morgan fingerprint density at radius 2 is 1.85 bits per heavy atom. The minimum Gasteiger partial charge on any atom is -0.389 e. The minimum absolute atomic E-state index is 0.182. The molecule has 2 atom stereocenters. The zero-order chi connectivity index (χ0) is 15.6. The Morgan fingerprint density at radius 3 is 2.40 bits per heavy atom. The fourth-order valence-electron chi connectivity index (χ4n) is 2.11. The van der Waals surface area contributed by atoms with Crippen LogP contribution in [0.3, 0.4) is 0 Å². The number of hydrogen-bond acceptors (Lipinski definition) is 4. The highest BCUT2D eigenvalue weighted by Crippen LogP contribution is 2.18. The predicted molar refractivity (Wildman–Crippen MR) is 84.0 cm³/mol. The van der Waals surface area contributed by atoms with Crippen molar-refractivity contribution in [3.05, 3.63) is 0 Å². The fourth-order valence-corrected chi connectivity index (χ4v) is 2.11. The molecule has 0 saturated heterocycles. The van der Waals surface area contributed by atoms with Gasteiger partial charge in [-0.05, 0) is 31.1 Å². The standard InChI is InChI=1S/C16H35NO3/c1-13(2)9-14(3)20-11-15(18)10-17-12-16(4,5)7-8-19-6/h13-15,17-18H,7-12H2,1-6H3. The summed E-state index contributed by atoms with van der Waals surface area (Å²) in [6.45, 7) is 13.4. The molecule has 0 fully saturated rings. The molecule has 0 aromatic carbocycles. The molecule has 2 unspecified atom stereocenters. The fraction of sp³-hybridized carbons (Fsp3) is 1.00. The average Bonchev–Trinajstić information content (AvgIpc) is 2.33. The van der Waals surface area contributed by atoms with Crippen molar-refractivity contribution in [3.63, 3.8) is 0 Å². The Bertz CT molecular complexity index is 232. The van der Waals surface area contributed by atoms with E-state index in [0.717, 1.165) is 26.0 Å². The van der Waals surface area contributed by atoms with E-state index >= 15 is 0 Å². The van der Waals surface area contributed by atoms with Gasteiger partial charge in [-0.3, -0.25) is 0 Å². The molecule has 20 heavy (non-hydrogen) atoms. The number of methoxy groups -OCH3 is 1. The Labute approximate surface area is 125 Å². The quantitative estimate of drug-likeness (QED) is 0.579. The van der Waals surface area contributed by atoms with Crippen molar-refractivity contribution >= 4 is 0 Å². The summed E-state index contributed by atoms with van der Waals surface area (Å²) in [6.07, 6.45) is 1.81. The number of aliphatic hydroxyl groups is 1. The Balaban J connectivity index is 3.69. The second-order valence-electron chi connectivity index (χ2n) is 6.97. The van der Waals surface area contributed by atoms with Crippen molar-refractivity contribution in [1.29, 1.82) is 0 Å². The monoisotopic (exact) mass is 289 g/mol. The van der Waals surface area contributed by atoms with Gasteiger partial charge in [-0.15, -0.1) is 0 Å². The van der Waals surface area contributed by atoms with E-state index in [0.29, 0.717) is 19.1 Å². The molecule has 0 aromatic heterocycles. The third-order valence-corrected chi connectivity index (χ3v) is 3.34. The van der Waals surface area contributed by atoms with Crippen molar-refractivity contribution in [2.75, 3.05) is 33.4 Å². The van der Waals surface area contributed by atoms with E-state index in [9.17, 15) is 5.11 Å². The number of nitrogens with one attached hydrogen (secondary N) is 1. The molecule has 4 heteroatoms. The van der Waals surface area contributed by atoms with E-state index in [1.54, 1.807) is 7.11 Å². The SMILES string of the molecule is COCCC(C)(C)CNCC(O)COC(C)CC(C)C. The maximum absolute atomic E-state index is 9.89. The van der Waals surface area contributed by atoms with Crippen LogP contribution in [-0.2, 0) is 9.47 Å². The molecule has 0 saturated carbocycles. The molecule has 2 N–H and O–H groups in total. The van der Waals surface area contributed by atoms with Gasteiger partial charge < -0.3 is 19.9 Å². The Kier molecular flexibility index (Phi) is 10.5. The summed E-state index contributed by atoms with van der Waals surface area (Å²) in [5.74, 6) is 0.627. The van der Waals surface area contributed by atoms with Crippen LogP contribution < -0.4 is 5.32 Å². The molecule has 0 aliphatic heterocycles. The van der Waals surface area contributed by atoms with E-state index in [1.807, 2.05) is 0 Å². The van der Waals surface area contributed by atoms with Gasteiger partial charge in [0.2, 0.25) is 0 Å². The van der Waals surface area contributed by atoms with Gasteiger partial charge in [0, 0.05) is 26.8 Å². The van der Waals surface area contributed by atoms with E-state index in [2.05, 4.69) is 39.9 Å². The van der Waals surface area contributed by atoms with Gasteiger partial charge in [-0.25, -0.2) is 0 Å². The number of ether oxygens (including phenoxy) is 2. The van der Waals surface area contributed by atoms with E-state index < -0.39 is 6.10 Å². The highest BCUT2D eigenvalue weighted by atomic mass is 16.5. The molecular formula is C16H35NO3. The van der Waals surface area contributed by atoms with Crippen molar-refractivity contribution in [2.24, 2.45) is 11.3 Å². The maximum Gasteiger partial charge on any atom is 0.0897 e. The summed E-state index contributed by atoms with van der Waals surface area (Å²) in [7, 11) is 1.73. The first kappa shape index (κ1) is 19.8. The zero-order valence-electron chi connectivity index (χ0n) is 14.2. The summed E-state index contributed by atoms with van der Waals surface area (Å²) in [5.41, 5.74) is 0.182. The van der Waals surface area contributed by atoms with E-state index in [-0.39, 0.29) is 11.5 Å². The smallest absolute Gasteiger partial charge is 0.0897 e. The first-order valence-corrected chi connectivity index (χ1v) is 7.76. The summed E-state index contributed by atoms with van der Waals surface area (Å²) in [6, 6.07) is 0. The zero-order valence-corrected chi connectivity index (χ0v) is 14.2. The van der Waals surface area contributed by atoms with Crippen LogP contribution in [-0.4, -0.2) is 50.7 Å². The molecular weight excluding hydrogens is 254 g/mol. The van der Waals surface area contributed by atoms with Gasteiger partial charge in [-0.1, -0.05) is 27.7 Å². The van der Waals surface area contributed by atoms with Crippen LogP contribution in [0.25, 0.3) is 0 Å². The van der Waals surface area contributed by atoms with E-state index in [1.165, 1.54) is 0 Å². The first-order chi connectivity index (χ1) is 9.26. The van der Waals surface area contributed by atoms with Crippen LogP contribution in [0, 0.1) is 11.3 Å². The normalized spacial score (nSPS) is 15.6. The summed E-state index contributed by atoms with van der Waals surface area (Å²) < 4.78 is 10.8. The lowest BCUT2D eigenvalue weighted by Crippen LogP contribution is -2.37. The lowest BCUT2D eigenvalue weighted by Gasteiger charge is -2.25. The van der Waals surface area contributed by atoms with Crippen LogP contribution in [0.1, 0.15) is 47.5 Å². The average molecular weight is 289 g/mol. The third-order valence-electron chi connectivity index (χ3n) is 3.34.